The van der Waals surface area contributed by atoms with Crippen LogP contribution in [0.25, 0.3) is 0 Å². The maximum Gasteiger partial charge on any atom is 0.259 e. The number of aromatic nitrogens is 1. The highest BCUT2D eigenvalue weighted by molar-refractivity contribution is 5.96. The Kier molecular flexibility index (Phi) is 4.84. The lowest BCUT2D eigenvalue weighted by Crippen LogP contribution is -2.41. The third kappa shape index (κ3) is 3.42. The van der Waals surface area contributed by atoms with Gasteiger partial charge in [-0.25, -0.2) is 4.98 Å². The SMILES string of the molecule is CCOc1ncccc1C(=O)N(C)C[C@@H]1COc2ccccc2O1. The van der Waals surface area contributed by atoms with Crippen LogP contribution in [0.3, 0.4) is 0 Å². The molecule has 0 unspecified atom stereocenters. The molecule has 3 rings (SSSR count). The summed E-state index contributed by atoms with van der Waals surface area (Å²) in [5, 5.41) is 0. The number of fused-ring (bicyclic) bond motifs is 1. The van der Waals surface area contributed by atoms with Gasteiger partial charge in [-0.3, -0.25) is 4.79 Å². The first-order valence-electron chi connectivity index (χ1n) is 7.90. The standard InChI is InChI=1S/C18H20N2O4/c1-3-22-17-14(7-6-10-19-17)18(21)20(2)11-13-12-23-15-8-4-5-9-16(15)24-13/h4-10,13H,3,11-12H2,1-2H3/t13-/m1/s1. The molecular weight excluding hydrogens is 308 g/mol. The van der Waals surface area contributed by atoms with Crippen LogP contribution < -0.4 is 14.2 Å². The zero-order valence-electron chi connectivity index (χ0n) is 13.8. The molecule has 0 aliphatic carbocycles. The van der Waals surface area contributed by atoms with Crippen molar-refractivity contribution < 1.29 is 19.0 Å². The van der Waals surface area contributed by atoms with E-state index in [-0.39, 0.29) is 12.0 Å². The highest BCUT2D eigenvalue weighted by Gasteiger charge is 2.25. The number of para-hydroxylation sites is 2. The molecule has 0 spiro atoms. The van der Waals surface area contributed by atoms with Gasteiger partial charge in [0.15, 0.2) is 17.6 Å². The van der Waals surface area contributed by atoms with E-state index in [0.29, 0.717) is 37.0 Å². The molecular formula is C18H20N2O4. The van der Waals surface area contributed by atoms with Crippen LogP contribution in [0.5, 0.6) is 17.4 Å². The quantitative estimate of drug-likeness (QED) is 0.843. The zero-order chi connectivity index (χ0) is 16.9. The van der Waals surface area contributed by atoms with Crippen molar-refractivity contribution in [1.82, 2.24) is 9.88 Å². The molecule has 24 heavy (non-hydrogen) atoms. The summed E-state index contributed by atoms with van der Waals surface area (Å²) < 4.78 is 17.0. The Bertz CT molecular complexity index is 720. The molecule has 0 bridgehead atoms. The summed E-state index contributed by atoms with van der Waals surface area (Å²) in [5.41, 5.74) is 0.443. The van der Waals surface area contributed by atoms with E-state index in [1.165, 1.54) is 0 Å². The van der Waals surface area contributed by atoms with E-state index in [9.17, 15) is 4.79 Å². The summed E-state index contributed by atoms with van der Waals surface area (Å²) in [6, 6.07) is 11.0. The number of pyridine rings is 1. The summed E-state index contributed by atoms with van der Waals surface area (Å²) in [6.45, 7) is 3.13. The van der Waals surface area contributed by atoms with E-state index >= 15 is 0 Å². The average Bonchev–Trinajstić information content (AvgIpc) is 2.62. The van der Waals surface area contributed by atoms with Crippen molar-refractivity contribution in [2.75, 3.05) is 26.8 Å². The normalized spacial score (nSPS) is 15.7. The summed E-state index contributed by atoms with van der Waals surface area (Å²) in [4.78, 5) is 18.4. The van der Waals surface area contributed by atoms with E-state index in [1.54, 1.807) is 30.3 Å². The first kappa shape index (κ1) is 16.1. The van der Waals surface area contributed by atoms with Gasteiger partial charge < -0.3 is 19.1 Å². The van der Waals surface area contributed by atoms with Crippen LogP contribution in [0.4, 0.5) is 0 Å². The lowest BCUT2D eigenvalue weighted by molar-refractivity contribution is 0.0518. The third-order valence-corrected chi connectivity index (χ3v) is 3.67. The van der Waals surface area contributed by atoms with Gasteiger partial charge in [0.2, 0.25) is 5.88 Å². The second kappa shape index (κ2) is 7.21. The fraction of sp³-hybridized carbons (Fsp3) is 0.333. The minimum atomic E-state index is -0.221. The first-order chi connectivity index (χ1) is 11.7. The molecule has 0 fully saturated rings. The Morgan fingerprint density at radius 2 is 2.08 bits per heavy atom. The van der Waals surface area contributed by atoms with E-state index in [2.05, 4.69) is 4.98 Å². The van der Waals surface area contributed by atoms with Crippen molar-refractivity contribution in [2.24, 2.45) is 0 Å². The minimum Gasteiger partial charge on any atom is -0.486 e. The molecule has 1 atom stereocenters. The molecule has 126 valence electrons. The van der Waals surface area contributed by atoms with Gasteiger partial charge in [-0.1, -0.05) is 12.1 Å². The van der Waals surface area contributed by atoms with E-state index in [1.807, 2.05) is 31.2 Å². The van der Waals surface area contributed by atoms with Crippen LogP contribution in [0.1, 0.15) is 17.3 Å². The van der Waals surface area contributed by atoms with Gasteiger partial charge in [-0.05, 0) is 31.2 Å². The Balaban J connectivity index is 1.67. The van der Waals surface area contributed by atoms with Gasteiger partial charge in [0, 0.05) is 13.2 Å². The van der Waals surface area contributed by atoms with E-state index in [0.717, 1.165) is 5.75 Å². The van der Waals surface area contributed by atoms with Crippen LogP contribution >= 0.6 is 0 Å². The number of hydrogen-bond acceptors (Lipinski definition) is 5. The average molecular weight is 328 g/mol. The van der Waals surface area contributed by atoms with Gasteiger partial charge in [0.1, 0.15) is 12.2 Å². The zero-order valence-corrected chi connectivity index (χ0v) is 13.8. The molecule has 1 aliphatic rings. The van der Waals surface area contributed by atoms with Crippen molar-refractivity contribution in [3.8, 4) is 17.4 Å². The van der Waals surface area contributed by atoms with Crippen molar-refractivity contribution in [3.63, 3.8) is 0 Å². The molecule has 6 heteroatoms. The first-order valence-corrected chi connectivity index (χ1v) is 7.90. The van der Waals surface area contributed by atoms with Crippen molar-refractivity contribution in [2.45, 2.75) is 13.0 Å². The lowest BCUT2D eigenvalue weighted by atomic mass is 10.2. The highest BCUT2D eigenvalue weighted by atomic mass is 16.6. The maximum atomic E-state index is 12.7. The molecule has 2 aromatic rings. The number of carbonyl (C=O) groups excluding carboxylic acids is 1. The van der Waals surface area contributed by atoms with E-state index in [4.69, 9.17) is 14.2 Å². The Morgan fingerprint density at radius 3 is 2.88 bits per heavy atom. The smallest absolute Gasteiger partial charge is 0.259 e. The maximum absolute atomic E-state index is 12.7. The van der Waals surface area contributed by atoms with Crippen molar-refractivity contribution >= 4 is 5.91 Å². The van der Waals surface area contributed by atoms with Gasteiger partial charge in [0.05, 0.1) is 13.2 Å². The lowest BCUT2D eigenvalue weighted by Gasteiger charge is -2.29. The number of ether oxygens (including phenoxy) is 3. The fourth-order valence-corrected chi connectivity index (χ4v) is 2.55. The fourth-order valence-electron chi connectivity index (χ4n) is 2.55. The van der Waals surface area contributed by atoms with E-state index < -0.39 is 0 Å². The summed E-state index contributed by atoms with van der Waals surface area (Å²) in [5.74, 6) is 1.62. The Hall–Kier alpha value is -2.76. The van der Waals surface area contributed by atoms with Gasteiger partial charge in [-0.15, -0.1) is 0 Å². The molecule has 1 amide bonds. The third-order valence-electron chi connectivity index (χ3n) is 3.67. The highest BCUT2D eigenvalue weighted by Crippen LogP contribution is 2.31. The van der Waals surface area contributed by atoms with Crippen LogP contribution in [0.2, 0.25) is 0 Å². The Morgan fingerprint density at radius 1 is 1.29 bits per heavy atom. The molecule has 1 aromatic heterocycles. The largest absolute Gasteiger partial charge is 0.486 e. The molecule has 0 saturated heterocycles. The number of likely N-dealkylation sites (N-methyl/N-ethyl adjacent to an activating group) is 1. The van der Waals surface area contributed by atoms with Crippen LogP contribution in [0.15, 0.2) is 42.6 Å². The van der Waals surface area contributed by atoms with Crippen molar-refractivity contribution in [1.29, 1.82) is 0 Å². The molecule has 6 nitrogen and oxygen atoms in total. The predicted octanol–water partition coefficient (Wildman–Crippen LogP) is 2.39. The van der Waals surface area contributed by atoms with Crippen LogP contribution in [-0.2, 0) is 0 Å². The summed E-state index contributed by atoms with van der Waals surface area (Å²) in [7, 11) is 1.73. The number of hydrogen-bond donors (Lipinski definition) is 0. The van der Waals surface area contributed by atoms with Crippen LogP contribution in [-0.4, -0.2) is 48.7 Å². The predicted molar refractivity (Wildman–Crippen MR) is 88.7 cm³/mol. The van der Waals surface area contributed by atoms with Gasteiger partial charge in [0.25, 0.3) is 5.91 Å². The summed E-state index contributed by atoms with van der Waals surface area (Å²) in [6.07, 6.45) is 1.39. The molecule has 0 N–H and O–H groups in total. The second-order valence-corrected chi connectivity index (χ2v) is 5.47. The molecule has 1 aromatic carbocycles. The number of nitrogens with zero attached hydrogens (tertiary/aromatic N) is 2. The number of amides is 1. The van der Waals surface area contributed by atoms with Gasteiger partial charge >= 0.3 is 0 Å². The topological polar surface area (TPSA) is 60.9 Å². The minimum absolute atomic E-state index is 0.158. The number of carbonyl (C=O) groups is 1. The molecule has 0 saturated carbocycles. The molecule has 0 radical (unpaired) electrons. The second-order valence-electron chi connectivity index (χ2n) is 5.47. The number of rotatable bonds is 5. The van der Waals surface area contributed by atoms with Crippen LogP contribution in [0, 0.1) is 0 Å². The number of benzene rings is 1. The monoisotopic (exact) mass is 328 g/mol. The summed E-state index contributed by atoms with van der Waals surface area (Å²) >= 11 is 0. The Labute approximate surface area is 141 Å². The van der Waals surface area contributed by atoms with Crippen molar-refractivity contribution in [3.05, 3.63) is 48.2 Å². The molecule has 2 heterocycles. The molecule has 1 aliphatic heterocycles. The van der Waals surface area contributed by atoms with Gasteiger partial charge in [-0.2, -0.15) is 0 Å².